The van der Waals surface area contributed by atoms with Crippen molar-refractivity contribution in [1.82, 2.24) is 0 Å². The highest BCUT2D eigenvalue weighted by molar-refractivity contribution is 7.52. The van der Waals surface area contributed by atoms with E-state index in [1.54, 1.807) is 24.3 Å². The zero-order valence-corrected chi connectivity index (χ0v) is 11.1. The van der Waals surface area contributed by atoms with E-state index in [4.69, 9.17) is 9.26 Å². The summed E-state index contributed by atoms with van der Waals surface area (Å²) in [5.41, 5.74) is 0.522. The second-order valence-electron chi connectivity index (χ2n) is 3.78. The summed E-state index contributed by atoms with van der Waals surface area (Å²) in [5, 5.41) is 0. The van der Waals surface area contributed by atoms with Gasteiger partial charge in [-0.25, -0.2) is 0 Å². The quantitative estimate of drug-likeness (QED) is 0.447. The van der Waals surface area contributed by atoms with Gasteiger partial charge < -0.3 is 14.2 Å². The molecule has 0 amide bonds. The van der Waals surface area contributed by atoms with Gasteiger partial charge in [-0.15, -0.1) is 0 Å². The first-order chi connectivity index (χ1) is 8.57. The van der Waals surface area contributed by atoms with Crippen LogP contribution in [-0.4, -0.2) is 24.1 Å². The van der Waals surface area contributed by atoms with Crippen LogP contribution >= 0.6 is 7.60 Å². The van der Waals surface area contributed by atoms with Crippen LogP contribution in [0.4, 0.5) is 0 Å². The van der Waals surface area contributed by atoms with Crippen LogP contribution in [0.2, 0.25) is 0 Å². The molecule has 0 heterocycles. The molecule has 0 saturated heterocycles. The lowest BCUT2D eigenvalue weighted by molar-refractivity contribution is 0.112. The Balaban J connectivity index is 2.42. The zero-order chi connectivity index (χ0) is 13.4. The van der Waals surface area contributed by atoms with Crippen molar-refractivity contribution in [2.75, 3.05) is 13.0 Å². The van der Waals surface area contributed by atoms with Gasteiger partial charge in [-0.2, -0.15) is 0 Å². The molecule has 1 N–H and O–H groups in total. The SMILES string of the molecule is CCCCOP(=O)(O)COc1ccc(C=O)cc1. The predicted octanol–water partition coefficient (Wildman–Crippen LogP) is 2.84. The molecule has 0 fully saturated rings. The highest BCUT2D eigenvalue weighted by Crippen LogP contribution is 2.41. The summed E-state index contributed by atoms with van der Waals surface area (Å²) >= 11 is 0. The van der Waals surface area contributed by atoms with E-state index in [0.29, 0.717) is 17.6 Å². The van der Waals surface area contributed by atoms with Gasteiger partial charge in [-0.1, -0.05) is 13.3 Å². The van der Waals surface area contributed by atoms with E-state index in [0.717, 1.165) is 12.8 Å². The molecule has 100 valence electrons. The van der Waals surface area contributed by atoms with E-state index in [9.17, 15) is 14.3 Å². The Morgan fingerprint density at radius 3 is 2.56 bits per heavy atom. The maximum atomic E-state index is 11.5. The lowest BCUT2D eigenvalue weighted by atomic mass is 10.2. The molecule has 0 aliphatic rings. The van der Waals surface area contributed by atoms with Crippen LogP contribution in [0.1, 0.15) is 30.1 Å². The van der Waals surface area contributed by atoms with Crippen molar-refractivity contribution in [1.29, 1.82) is 0 Å². The molecule has 0 aromatic heterocycles. The van der Waals surface area contributed by atoms with Gasteiger partial charge in [0.1, 0.15) is 12.0 Å². The number of carbonyl (C=O) groups is 1. The van der Waals surface area contributed by atoms with Crippen LogP contribution in [0.15, 0.2) is 24.3 Å². The normalized spacial score (nSPS) is 13.9. The Bertz CT molecular complexity index is 415. The number of rotatable bonds is 8. The van der Waals surface area contributed by atoms with E-state index >= 15 is 0 Å². The summed E-state index contributed by atoms with van der Waals surface area (Å²) in [4.78, 5) is 19.9. The van der Waals surface area contributed by atoms with Crippen LogP contribution < -0.4 is 4.74 Å². The Kier molecular flexibility index (Phi) is 6.05. The van der Waals surface area contributed by atoms with Gasteiger partial charge in [0, 0.05) is 5.56 Å². The molecule has 5 nitrogen and oxygen atoms in total. The van der Waals surface area contributed by atoms with E-state index in [2.05, 4.69) is 0 Å². The van der Waals surface area contributed by atoms with E-state index in [-0.39, 0.29) is 6.61 Å². The average Bonchev–Trinajstić information content (AvgIpc) is 2.37. The molecule has 0 aliphatic carbocycles. The Morgan fingerprint density at radius 1 is 1.33 bits per heavy atom. The first kappa shape index (κ1) is 14.9. The number of benzene rings is 1. The molecular weight excluding hydrogens is 255 g/mol. The Morgan fingerprint density at radius 2 is 2.00 bits per heavy atom. The first-order valence-corrected chi connectivity index (χ1v) is 7.48. The van der Waals surface area contributed by atoms with Gasteiger partial charge in [-0.3, -0.25) is 9.36 Å². The van der Waals surface area contributed by atoms with Crippen molar-refractivity contribution in [3.8, 4) is 5.75 Å². The summed E-state index contributed by atoms with van der Waals surface area (Å²) in [5.74, 6) is 0.425. The number of unbranched alkanes of at least 4 members (excludes halogenated alkanes) is 1. The molecule has 0 saturated carbocycles. The molecule has 1 atom stereocenters. The summed E-state index contributed by atoms with van der Waals surface area (Å²) in [6.45, 7) is 2.22. The van der Waals surface area contributed by atoms with Gasteiger partial charge in [0.25, 0.3) is 0 Å². The topological polar surface area (TPSA) is 72.8 Å². The van der Waals surface area contributed by atoms with Crippen LogP contribution in [0, 0.1) is 0 Å². The second-order valence-corrected chi connectivity index (χ2v) is 5.58. The second kappa shape index (κ2) is 7.31. The van der Waals surface area contributed by atoms with Gasteiger partial charge >= 0.3 is 7.60 Å². The fourth-order valence-corrected chi connectivity index (χ4v) is 1.99. The summed E-state index contributed by atoms with van der Waals surface area (Å²) < 4.78 is 21.6. The minimum absolute atomic E-state index is 0.248. The lowest BCUT2D eigenvalue weighted by Crippen LogP contribution is -2.03. The van der Waals surface area contributed by atoms with E-state index < -0.39 is 13.9 Å². The number of hydrogen-bond acceptors (Lipinski definition) is 4. The summed E-state index contributed by atoms with van der Waals surface area (Å²) in [6.07, 6.45) is 1.96. The third-order valence-corrected chi connectivity index (χ3v) is 3.24. The fourth-order valence-electron chi connectivity index (χ4n) is 1.19. The van der Waals surface area contributed by atoms with Crippen LogP contribution in [-0.2, 0) is 9.09 Å². The Hall–Kier alpha value is -1.16. The van der Waals surface area contributed by atoms with Gasteiger partial charge in [0.15, 0.2) is 6.35 Å². The molecule has 0 radical (unpaired) electrons. The van der Waals surface area contributed by atoms with E-state index in [1.807, 2.05) is 6.92 Å². The number of ether oxygens (including phenoxy) is 1. The molecule has 1 rings (SSSR count). The van der Waals surface area contributed by atoms with Crippen LogP contribution in [0.25, 0.3) is 0 Å². The third-order valence-electron chi connectivity index (χ3n) is 2.20. The largest absolute Gasteiger partial charge is 0.481 e. The number of hydrogen-bond donors (Lipinski definition) is 1. The highest BCUT2D eigenvalue weighted by Gasteiger charge is 2.20. The number of aldehydes is 1. The molecule has 18 heavy (non-hydrogen) atoms. The van der Waals surface area contributed by atoms with Crippen molar-refractivity contribution in [3.63, 3.8) is 0 Å². The molecule has 6 heteroatoms. The van der Waals surface area contributed by atoms with Crippen molar-refractivity contribution in [2.24, 2.45) is 0 Å². The third kappa shape index (κ3) is 5.45. The van der Waals surface area contributed by atoms with Gasteiger partial charge in [-0.05, 0) is 30.7 Å². The molecule has 0 bridgehead atoms. The average molecular weight is 272 g/mol. The number of carbonyl (C=O) groups excluding carboxylic acids is 1. The van der Waals surface area contributed by atoms with Crippen LogP contribution in [0.5, 0.6) is 5.75 Å². The fraction of sp³-hybridized carbons (Fsp3) is 0.417. The summed E-state index contributed by atoms with van der Waals surface area (Å²) in [6, 6.07) is 6.27. The van der Waals surface area contributed by atoms with Gasteiger partial charge in [0.05, 0.1) is 6.61 Å². The monoisotopic (exact) mass is 272 g/mol. The standard InChI is InChI=1S/C12H17O5P/c1-2-3-8-17-18(14,15)10-16-12-6-4-11(9-13)5-7-12/h4-7,9H,2-3,8,10H2,1H3,(H,14,15). The molecular formula is C12H17O5P. The van der Waals surface area contributed by atoms with Crippen molar-refractivity contribution < 1.29 is 23.5 Å². The van der Waals surface area contributed by atoms with E-state index in [1.165, 1.54) is 0 Å². The Labute approximate surface area is 106 Å². The lowest BCUT2D eigenvalue weighted by Gasteiger charge is -2.13. The minimum Gasteiger partial charge on any atom is -0.481 e. The summed E-state index contributed by atoms with van der Waals surface area (Å²) in [7, 11) is -3.70. The molecule has 0 spiro atoms. The van der Waals surface area contributed by atoms with Crippen molar-refractivity contribution in [3.05, 3.63) is 29.8 Å². The van der Waals surface area contributed by atoms with Crippen LogP contribution in [0.3, 0.4) is 0 Å². The molecule has 1 aromatic carbocycles. The molecule has 1 aromatic rings. The molecule has 0 aliphatic heterocycles. The van der Waals surface area contributed by atoms with Crippen molar-refractivity contribution in [2.45, 2.75) is 19.8 Å². The molecule has 1 unspecified atom stereocenters. The predicted molar refractivity (Wildman–Crippen MR) is 68.0 cm³/mol. The smallest absolute Gasteiger partial charge is 0.365 e. The maximum Gasteiger partial charge on any atom is 0.365 e. The highest BCUT2D eigenvalue weighted by atomic mass is 31.2. The minimum atomic E-state index is -3.70. The first-order valence-electron chi connectivity index (χ1n) is 5.72. The van der Waals surface area contributed by atoms with Crippen molar-refractivity contribution >= 4 is 13.9 Å². The van der Waals surface area contributed by atoms with Gasteiger partial charge in [0.2, 0.25) is 0 Å². The zero-order valence-electron chi connectivity index (χ0n) is 10.2. The maximum absolute atomic E-state index is 11.5.